The smallest absolute Gasteiger partial charge is 0.228 e. The summed E-state index contributed by atoms with van der Waals surface area (Å²) in [6.07, 6.45) is 3.75. The molecular formula is C17H16N3P. The van der Waals surface area contributed by atoms with Gasteiger partial charge < -0.3 is 4.57 Å². The lowest BCUT2D eigenvalue weighted by atomic mass is 10.4. The lowest BCUT2D eigenvalue weighted by Crippen LogP contribution is -2.22. The number of aromatic nitrogens is 2. The molecule has 0 atom stereocenters. The molecule has 0 unspecified atom stereocenters. The summed E-state index contributed by atoms with van der Waals surface area (Å²) < 4.78 is 6.86. The van der Waals surface area contributed by atoms with E-state index >= 15 is 0 Å². The fourth-order valence-electron chi connectivity index (χ4n) is 2.02. The summed E-state index contributed by atoms with van der Waals surface area (Å²) in [6, 6.07) is 22.7. The first-order chi connectivity index (χ1) is 10.3. The van der Waals surface area contributed by atoms with Crippen molar-refractivity contribution in [3.05, 3.63) is 84.7 Å². The molecule has 0 saturated heterocycles. The van der Waals surface area contributed by atoms with Gasteiger partial charge in [0.25, 0.3) is 0 Å². The third kappa shape index (κ3) is 3.26. The lowest BCUT2D eigenvalue weighted by Gasteiger charge is -2.13. The minimum Gasteiger partial charge on any atom is -0.320 e. The Kier molecular flexibility index (Phi) is 4.23. The largest absolute Gasteiger partial charge is 0.320 e. The Balaban J connectivity index is 2.14. The molecule has 0 spiro atoms. The molecule has 4 heteroatoms. The van der Waals surface area contributed by atoms with Crippen LogP contribution in [-0.2, 0) is 7.05 Å². The van der Waals surface area contributed by atoms with Crippen molar-refractivity contribution in [2.75, 3.05) is 0 Å². The van der Waals surface area contributed by atoms with Crippen LogP contribution in [0.15, 0.2) is 83.9 Å². The van der Waals surface area contributed by atoms with Crippen LogP contribution in [0, 0.1) is 0 Å². The summed E-state index contributed by atoms with van der Waals surface area (Å²) in [5, 5.41) is 2.45. The second-order valence-corrected chi connectivity index (χ2v) is 6.47. The van der Waals surface area contributed by atoms with E-state index in [1.54, 1.807) is 6.20 Å². The minimum absolute atomic E-state index is 0.747. The highest BCUT2D eigenvalue weighted by Gasteiger charge is 2.12. The van der Waals surface area contributed by atoms with Gasteiger partial charge in [-0.2, -0.15) is 0 Å². The lowest BCUT2D eigenvalue weighted by molar-refractivity contribution is 0.790. The number of hydrogen-bond acceptors (Lipinski definition) is 2. The zero-order chi connectivity index (χ0) is 14.5. The van der Waals surface area contributed by atoms with Gasteiger partial charge in [0.2, 0.25) is 5.62 Å². The normalized spacial score (nSPS) is 11.8. The second-order valence-electron chi connectivity index (χ2n) is 4.61. The fraction of sp³-hybridized carbons (Fsp3) is 0.0588. The Morgan fingerprint density at radius 1 is 0.857 bits per heavy atom. The number of aryl methyl sites for hydroxylation is 1. The SMILES string of the molecule is Cn1cccn/c1=N\P(c1ccccc1)c1ccccc1. The number of hydrogen-bond donors (Lipinski definition) is 0. The highest BCUT2D eigenvalue weighted by atomic mass is 31.1. The fourth-order valence-corrected chi connectivity index (χ4v) is 3.83. The van der Waals surface area contributed by atoms with Crippen LogP contribution in [0.1, 0.15) is 0 Å². The van der Waals surface area contributed by atoms with Crippen molar-refractivity contribution in [1.29, 1.82) is 0 Å². The molecule has 0 aliphatic rings. The van der Waals surface area contributed by atoms with Crippen molar-refractivity contribution in [1.82, 2.24) is 9.55 Å². The van der Waals surface area contributed by atoms with E-state index in [0.717, 1.165) is 5.62 Å². The van der Waals surface area contributed by atoms with Gasteiger partial charge in [0.05, 0.1) is 8.07 Å². The third-order valence-electron chi connectivity index (χ3n) is 3.09. The van der Waals surface area contributed by atoms with Gasteiger partial charge >= 0.3 is 0 Å². The first kappa shape index (κ1) is 13.7. The van der Waals surface area contributed by atoms with Crippen LogP contribution in [0.5, 0.6) is 0 Å². The molecule has 21 heavy (non-hydrogen) atoms. The Bertz CT molecular complexity index is 727. The zero-order valence-electron chi connectivity index (χ0n) is 11.8. The molecule has 2 aromatic carbocycles. The summed E-state index contributed by atoms with van der Waals surface area (Å²) in [5.41, 5.74) is 0.747. The van der Waals surface area contributed by atoms with Crippen LogP contribution in [0.4, 0.5) is 0 Å². The van der Waals surface area contributed by atoms with Gasteiger partial charge in [-0.1, -0.05) is 60.7 Å². The standard InChI is InChI=1S/C17H16N3P/c1-20-14-8-13-18-17(20)19-21(15-9-4-2-5-10-15)16-11-6-3-7-12-16/h2-14H,1H3/b19-17+. The highest BCUT2D eigenvalue weighted by molar-refractivity contribution is 7.71. The molecular weight excluding hydrogens is 277 g/mol. The molecule has 0 aliphatic carbocycles. The Morgan fingerprint density at radius 3 is 1.95 bits per heavy atom. The van der Waals surface area contributed by atoms with Gasteiger partial charge in [0, 0.05) is 30.1 Å². The predicted octanol–water partition coefficient (Wildman–Crippen LogP) is 2.37. The number of nitrogens with zero attached hydrogens (tertiary/aromatic N) is 3. The van der Waals surface area contributed by atoms with E-state index in [1.165, 1.54) is 10.6 Å². The maximum atomic E-state index is 4.92. The van der Waals surface area contributed by atoms with Gasteiger partial charge in [-0.25, -0.2) is 9.75 Å². The van der Waals surface area contributed by atoms with Crippen LogP contribution in [0.25, 0.3) is 0 Å². The molecule has 1 aromatic heterocycles. The first-order valence-corrected chi connectivity index (χ1v) is 8.06. The predicted molar refractivity (Wildman–Crippen MR) is 87.8 cm³/mol. The third-order valence-corrected chi connectivity index (χ3v) is 5.05. The average Bonchev–Trinajstić information content (AvgIpc) is 2.56. The van der Waals surface area contributed by atoms with Crippen molar-refractivity contribution >= 4 is 18.7 Å². The van der Waals surface area contributed by atoms with E-state index in [0.29, 0.717) is 0 Å². The van der Waals surface area contributed by atoms with Crippen LogP contribution in [0.2, 0.25) is 0 Å². The van der Waals surface area contributed by atoms with E-state index < -0.39 is 8.07 Å². The molecule has 0 amide bonds. The number of benzene rings is 2. The molecule has 3 nitrogen and oxygen atoms in total. The monoisotopic (exact) mass is 293 g/mol. The number of rotatable bonds is 3. The van der Waals surface area contributed by atoms with Crippen LogP contribution in [-0.4, -0.2) is 9.55 Å². The van der Waals surface area contributed by atoms with Crippen molar-refractivity contribution in [2.45, 2.75) is 0 Å². The van der Waals surface area contributed by atoms with E-state index in [-0.39, 0.29) is 0 Å². The zero-order valence-corrected chi connectivity index (χ0v) is 12.7. The first-order valence-electron chi connectivity index (χ1n) is 6.77. The molecule has 104 valence electrons. The van der Waals surface area contributed by atoms with E-state index in [9.17, 15) is 0 Å². The van der Waals surface area contributed by atoms with Gasteiger partial charge in [-0.3, -0.25) is 0 Å². The van der Waals surface area contributed by atoms with Crippen LogP contribution >= 0.6 is 8.07 Å². The van der Waals surface area contributed by atoms with Crippen molar-refractivity contribution < 1.29 is 0 Å². The van der Waals surface area contributed by atoms with E-state index in [4.69, 9.17) is 4.76 Å². The van der Waals surface area contributed by atoms with Crippen molar-refractivity contribution in [3.8, 4) is 0 Å². The molecule has 0 aliphatic heterocycles. The van der Waals surface area contributed by atoms with Gasteiger partial charge in [-0.05, 0) is 6.07 Å². The molecule has 0 N–H and O–H groups in total. The molecule has 0 radical (unpaired) electrons. The van der Waals surface area contributed by atoms with E-state index in [2.05, 4.69) is 53.5 Å². The second kappa shape index (κ2) is 6.47. The van der Waals surface area contributed by atoms with Gasteiger partial charge in [0.15, 0.2) is 0 Å². The quantitative estimate of drug-likeness (QED) is 0.682. The molecule has 0 saturated carbocycles. The molecule has 0 bridgehead atoms. The van der Waals surface area contributed by atoms with Crippen LogP contribution in [0.3, 0.4) is 0 Å². The summed E-state index contributed by atoms with van der Waals surface area (Å²) in [4.78, 5) is 4.38. The maximum absolute atomic E-state index is 4.92. The Hall–Kier alpha value is -2.25. The highest BCUT2D eigenvalue weighted by Crippen LogP contribution is 2.33. The maximum Gasteiger partial charge on any atom is 0.228 e. The summed E-state index contributed by atoms with van der Waals surface area (Å²) in [5.74, 6) is 0. The van der Waals surface area contributed by atoms with E-state index in [1.807, 2.05) is 36.0 Å². The Morgan fingerprint density at radius 2 is 1.43 bits per heavy atom. The summed E-state index contributed by atoms with van der Waals surface area (Å²) >= 11 is 0. The van der Waals surface area contributed by atoms with Gasteiger partial charge in [-0.15, -0.1) is 0 Å². The van der Waals surface area contributed by atoms with Crippen LogP contribution < -0.4 is 16.2 Å². The van der Waals surface area contributed by atoms with Gasteiger partial charge in [0.1, 0.15) is 0 Å². The average molecular weight is 293 g/mol. The van der Waals surface area contributed by atoms with Crippen molar-refractivity contribution in [3.63, 3.8) is 0 Å². The van der Waals surface area contributed by atoms with Crippen molar-refractivity contribution in [2.24, 2.45) is 11.8 Å². The molecule has 3 aromatic rings. The molecule has 0 fully saturated rings. The topological polar surface area (TPSA) is 30.2 Å². The summed E-state index contributed by atoms with van der Waals surface area (Å²) in [7, 11) is 1.17. The minimum atomic E-state index is -0.802. The summed E-state index contributed by atoms with van der Waals surface area (Å²) in [6.45, 7) is 0. The molecule has 1 heterocycles. The Labute approximate surface area is 125 Å². The molecule has 3 rings (SSSR count).